The Morgan fingerprint density at radius 2 is 1.81 bits per heavy atom. The van der Waals surface area contributed by atoms with Gasteiger partial charge in [-0.1, -0.05) is 48.8 Å². The molecule has 1 heterocycles. The highest BCUT2D eigenvalue weighted by Crippen LogP contribution is 2.25. The molecule has 1 aromatic heterocycles. The highest BCUT2D eigenvalue weighted by atomic mass is 79.9. The predicted octanol–water partition coefficient (Wildman–Crippen LogP) is 3.49. The average molecular weight is 351 g/mol. The van der Waals surface area contributed by atoms with E-state index < -0.39 is 0 Å². The second-order valence-electron chi connectivity index (χ2n) is 5.16. The molecule has 0 bridgehead atoms. The van der Waals surface area contributed by atoms with Gasteiger partial charge in [0.25, 0.3) is 0 Å². The minimum Gasteiger partial charge on any atom is -0.326 e. The van der Waals surface area contributed by atoms with Gasteiger partial charge >= 0.3 is 0 Å². The second-order valence-corrected chi connectivity index (χ2v) is 6.08. The summed E-state index contributed by atoms with van der Waals surface area (Å²) in [5.41, 5.74) is 7.57. The van der Waals surface area contributed by atoms with Gasteiger partial charge in [-0.2, -0.15) is 5.10 Å². The van der Waals surface area contributed by atoms with Gasteiger partial charge in [0, 0.05) is 23.4 Å². The summed E-state index contributed by atoms with van der Waals surface area (Å²) in [5.74, 6) is 1.89. The normalized spacial score (nSPS) is 14.1. The zero-order valence-electron chi connectivity index (χ0n) is 12.9. The topological polar surface area (TPSA) is 56.7 Å². The Kier molecular flexibility index (Phi) is 5.53. The van der Waals surface area contributed by atoms with E-state index >= 15 is 0 Å². The van der Waals surface area contributed by atoms with Crippen molar-refractivity contribution < 1.29 is 0 Å². The summed E-state index contributed by atoms with van der Waals surface area (Å²) < 4.78 is 3.09. The molecule has 2 N–H and O–H groups in total. The standard InChI is InChI=1S/C16H23BrN4/c1-4-13(18)16(11-7-9-12(17)10-8-11)21-15(6-3)19-14(5-2)20-21/h7-10,13,16H,4-6,18H2,1-3H3. The van der Waals surface area contributed by atoms with Crippen LogP contribution in [0.1, 0.15) is 50.4 Å². The van der Waals surface area contributed by atoms with E-state index in [9.17, 15) is 0 Å². The lowest BCUT2D eigenvalue weighted by Gasteiger charge is -2.25. The molecule has 1 aromatic carbocycles. The third-order valence-corrected chi connectivity index (χ3v) is 4.26. The van der Waals surface area contributed by atoms with Gasteiger partial charge in [-0.05, 0) is 24.1 Å². The predicted molar refractivity (Wildman–Crippen MR) is 89.3 cm³/mol. The van der Waals surface area contributed by atoms with Crippen LogP contribution in [0.25, 0.3) is 0 Å². The van der Waals surface area contributed by atoms with Gasteiger partial charge in [-0.3, -0.25) is 0 Å². The summed E-state index contributed by atoms with van der Waals surface area (Å²) in [7, 11) is 0. The zero-order valence-corrected chi connectivity index (χ0v) is 14.5. The van der Waals surface area contributed by atoms with E-state index in [0.717, 1.165) is 35.4 Å². The lowest BCUT2D eigenvalue weighted by Crippen LogP contribution is -2.34. The fraction of sp³-hybridized carbons (Fsp3) is 0.500. The number of nitrogens with zero attached hydrogens (tertiary/aromatic N) is 3. The molecule has 0 spiro atoms. The lowest BCUT2D eigenvalue weighted by molar-refractivity contribution is 0.410. The van der Waals surface area contributed by atoms with Crippen LogP contribution in [0.4, 0.5) is 0 Å². The molecule has 2 atom stereocenters. The highest BCUT2D eigenvalue weighted by molar-refractivity contribution is 9.10. The maximum Gasteiger partial charge on any atom is 0.150 e. The van der Waals surface area contributed by atoms with Crippen LogP contribution in [0.3, 0.4) is 0 Å². The summed E-state index contributed by atoms with van der Waals surface area (Å²) in [6.07, 6.45) is 2.59. The van der Waals surface area contributed by atoms with Crippen molar-refractivity contribution in [2.24, 2.45) is 5.73 Å². The number of hydrogen-bond acceptors (Lipinski definition) is 3. The van der Waals surface area contributed by atoms with Crippen LogP contribution in [0.2, 0.25) is 0 Å². The molecule has 2 unspecified atom stereocenters. The SMILES string of the molecule is CCc1nc(CC)n(C(c2ccc(Br)cc2)C(N)CC)n1. The first kappa shape index (κ1) is 16.2. The molecule has 21 heavy (non-hydrogen) atoms. The summed E-state index contributed by atoms with van der Waals surface area (Å²) in [5, 5.41) is 4.68. The summed E-state index contributed by atoms with van der Waals surface area (Å²) in [4.78, 5) is 4.61. The minimum atomic E-state index is 0.0166. The third kappa shape index (κ3) is 3.52. The monoisotopic (exact) mass is 350 g/mol. The smallest absolute Gasteiger partial charge is 0.150 e. The second kappa shape index (κ2) is 7.18. The summed E-state index contributed by atoms with van der Waals surface area (Å²) >= 11 is 3.48. The van der Waals surface area contributed by atoms with Crippen molar-refractivity contribution in [3.05, 3.63) is 46.0 Å². The van der Waals surface area contributed by atoms with Crippen LogP contribution in [0.5, 0.6) is 0 Å². The number of halogens is 1. The summed E-state index contributed by atoms with van der Waals surface area (Å²) in [6.45, 7) is 6.30. The lowest BCUT2D eigenvalue weighted by atomic mass is 9.98. The molecule has 4 nitrogen and oxygen atoms in total. The Hall–Kier alpha value is -1.20. The molecule has 0 aliphatic heterocycles. The molecular weight excluding hydrogens is 328 g/mol. The quantitative estimate of drug-likeness (QED) is 0.867. The van der Waals surface area contributed by atoms with Crippen LogP contribution >= 0.6 is 15.9 Å². The molecule has 0 aliphatic carbocycles. The Morgan fingerprint density at radius 1 is 1.14 bits per heavy atom. The Balaban J connectivity index is 2.49. The number of nitrogens with two attached hydrogens (primary N) is 1. The van der Waals surface area contributed by atoms with Crippen molar-refractivity contribution in [3.8, 4) is 0 Å². The van der Waals surface area contributed by atoms with Gasteiger partial charge in [0.15, 0.2) is 5.82 Å². The van der Waals surface area contributed by atoms with Crippen molar-refractivity contribution >= 4 is 15.9 Å². The fourth-order valence-corrected chi connectivity index (χ4v) is 2.74. The molecule has 2 aromatic rings. The molecule has 114 valence electrons. The van der Waals surface area contributed by atoms with Crippen LogP contribution in [-0.2, 0) is 12.8 Å². The van der Waals surface area contributed by atoms with Crippen molar-refractivity contribution in [2.75, 3.05) is 0 Å². The van der Waals surface area contributed by atoms with Gasteiger partial charge < -0.3 is 5.73 Å². The maximum absolute atomic E-state index is 6.39. The number of aromatic nitrogens is 3. The van der Waals surface area contributed by atoms with Gasteiger partial charge in [0.2, 0.25) is 0 Å². The first-order chi connectivity index (χ1) is 10.1. The van der Waals surface area contributed by atoms with Gasteiger partial charge in [0.05, 0.1) is 6.04 Å². The largest absolute Gasteiger partial charge is 0.326 e. The number of hydrogen-bond donors (Lipinski definition) is 1. The van der Waals surface area contributed by atoms with Crippen LogP contribution < -0.4 is 5.73 Å². The van der Waals surface area contributed by atoms with Crippen molar-refractivity contribution in [1.29, 1.82) is 0 Å². The summed E-state index contributed by atoms with van der Waals surface area (Å²) in [6, 6.07) is 8.37. The molecule has 0 radical (unpaired) electrons. The molecular formula is C16H23BrN4. The maximum atomic E-state index is 6.39. The van der Waals surface area contributed by atoms with Crippen molar-refractivity contribution in [2.45, 2.75) is 52.1 Å². The zero-order chi connectivity index (χ0) is 15.4. The first-order valence-electron chi connectivity index (χ1n) is 7.55. The van der Waals surface area contributed by atoms with Gasteiger partial charge in [-0.15, -0.1) is 0 Å². The van der Waals surface area contributed by atoms with Crippen molar-refractivity contribution in [1.82, 2.24) is 14.8 Å². The number of rotatable bonds is 6. The Labute approximate surface area is 134 Å². The molecule has 5 heteroatoms. The number of benzene rings is 1. The Morgan fingerprint density at radius 3 is 2.33 bits per heavy atom. The molecule has 2 rings (SSSR count). The average Bonchev–Trinajstić information content (AvgIpc) is 2.92. The van der Waals surface area contributed by atoms with E-state index in [1.165, 1.54) is 5.56 Å². The third-order valence-electron chi connectivity index (χ3n) is 3.73. The van der Waals surface area contributed by atoms with E-state index in [2.05, 4.69) is 58.9 Å². The first-order valence-corrected chi connectivity index (χ1v) is 8.35. The molecule has 0 saturated carbocycles. The van der Waals surface area contributed by atoms with Gasteiger partial charge in [0.1, 0.15) is 5.82 Å². The van der Waals surface area contributed by atoms with E-state index in [1.807, 2.05) is 16.8 Å². The molecule has 0 fully saturated rings. The minimum absolute atomic E-state index is 0.0166. The fourth-order valence-electron chi connectivity index (χ4n) is 2.47. The van der Waals surface area contributed by atoms with E-state index in [4.69, 9.17) is 5.73 Å². The van der Waals surface area contributed by atoms with E-state index in [-0.39, 0.29) is 12.1 Å². The molecule has 0 amide bonds. The van der Waals surface area contributed by atoms with E-state index in [0.29, 0.717) is 0 Å². The van der Waals surface area contributed by atoms with Crippen molar-refractivity contribution in [3.63, 3.8) is 0 Å². The van der Waals surface area contributed by atoms with Crippen LogP contribution in [0.15, 0.2) is 28.7 Å². The Bertz CT molecular complexity index is 576. The number of aryl methyl sites for hydroxylation is 2. The molecule has 0 aliphatic rings. The highest BCUT2D eigenvalue weighted by Gasteiger charge is 2.24. The van der Waals surface area contributed by atoms with Crippen LogP contribution in [-0.4, -0.2) is 20.8 Å². The van der Waals surface area contributed by atoms with Gasteiger partial charge in [-0.25, -0.2) is 9.67 Å². The van der Waals surface area contributed by atoms with Crippen LogP contribution in [0, 0.1) is 0 Å². The molecule has 0 saturated heterocycles. The van der Waals surface area contributed by atoms with E-state index in [1.54, 1.807) is 0 Å².